The lowest BCUT2D eigenvalue weighted by Gasteiger charge is -2.25. The smallest absolute Gasteiger partial charge is 0.238 e. The summed E-state index contributed by atoms with van der Waals surface area (Å²) in [5, 5.41) is 4.66. The van der Waals surface area contributed by atoms with Gasteiger partial charge in [-0.1, -0.05) is 153 Å². The van der Waals surface area contributed by atoms with Crippen LogP contribution in [0.1, 0.15) is 25.0 Å². The first kappa shape index (κ1) is 29.8. The zero-order valence-electron chi connectivity index (χ0n) is 29.3. The highest BCUT2D eigenvalue weighted by atomic mass is 15.2. The molecule has 0 fully saturated rings. The molecule has 0 aliphatic heterocycles. The summed E-state index contributed by atoms with van der Waals surface area (Å²) in [5.41, 5.74) is 12.7. The average molecular weight is 680 g/mol. The number of benzene rings is 7. The summed E-state index contributed by atoms with van der Waals surface area (Å²) in [6.07, 6.45) is 0. The molecule has 0 N–H and O–H groups in total. The molecule has 10 aromatic rings. The van der Waals surface area contributed by atoms with Gasteiger partial charge in [0.1, 0.15) is 0 Å². The monoisotopic (exact) mass is 679 g/mol. The van der Waals surface area contributed by atoms with E-state index in [2.05, 4.69) is 150 Å². The Balaban J connectivity index is 1.28. The molecule has 0 unspecified atom stereocenters. The Morgan fingerprint density at radius 2 is 1.02 bits per heavy atom. The first-order valence-corrected chi connectivity index (χ1v) is 18.1. The van der Waals surface area contributed by atoms with Crippen LogP contribution in [0.4, 0.5) is 0 Å². The van der Waals surface area contributed by atoms with Crippen LogP contribution in [0.25, 0.3) is 89.2 Å². The summed E-state index contributed by atoms with van der Waals surface area (Å²) in [7, 11) is 0. The highest BCUT2D eigenvalue weighted by Crippen LogP contribution is 2.52. The lowest BCUT2D eigenvalue weighted by molar-refractivity contribution is 0.656. The number of para-hydroxylation sites is 2. The van der Waals surface area contributed by atoms with E-state index in [1.807, 2.05) is 36.4 Å². The van der Waals surface area contributed by atoms with E-state index in [0.29, 0.717) is 17.6 Å². The van der Waals surface area contributed by atoms with Gasteiger partial charge >= 0.3 is 0 Å². The Bertz CT molecular complexity index is 3020. The minimum Gasteiger partial charge on any atom is -0.309 e. The Morgan fingerprint density at radius 1 is 0.434 bits per heavy atom. The van der Waals surface area contributed by atoms with Crippen molar-refractivity contribution in [2.75, 3.05) is 0 Å². The Hall–Kier alpha value is -6.85. The van der Waals surface area contributed by atoms with Crippen LogP contribution in [-0.4, -0.2) is 24.1 Å². The minimum atomic E-state index is -0.175. The van der Waals surface area contributed by atoms with Crippen molar-refractivity contribution in [2.24, 2.45) is 0 Å². The van der Waals surface area contributed by atoms with Crippen LogP contribution < -0.4 is 0 Å². The molecule has 0 amide bonds. The molecule has 11 rings (SSSR count). The average Bonchev–Trinajstić information content (AvgIpc) is 3.82. The number of aromatic nitrogens is 5. The molecule has 0 bridgehead atoms. The summed E-state index contributed by atoms with van der Waals surface area (Å²) in [6, 6.07) is 58.1. The van der Waals surface area contributed by atoms with E-state index in [0.717, 1.165) is 44.0 Å². The van der Waals surface area contributed by atoms with Crippen molar-refractivity contribution in [1.82, 2.24) is 24.1 Å². The van der Waals surface area contributed by atoms with Crippen molar-refractivity contribution in [2.45, 2.75) is 19.3 Å². The van der Waals surface area contributed by atoms with E-state index < -0.39 is 0 Å². The van der Waals surface area contributed by atoms with Gasteiger partial charge < -0.3 is 4.57 Å². The Labute approximate surface area is 306 Å². The SMILES string of the molecule is CC1(C)c2ccccc2-c2cccc(-n3c4ccccc4c4c3ccc3c5ccccc5n(-c5nc(-c6ccccc6)nc(-c6ccccc6)n5)c34)c21. The largest absolute Gasteiger partial charge is 0.309 e. The summed E-state index contributed by atoms with van der Waals surface area (Å²) >= 11 is 0. The fourth-order valence-corrected chi connectivity index (χ4v) is 8.88. The van der Waals surface area contributed by atoms with Gasteiger partial charge in [-0.2, -0.15) is 9.97 Å². The summed E-state index contributed by atoms with van der Waals surface area (Å²) in [5.74, 6) is 1.86. The molecule has 0 radical (unpaired) electrons. The number of hydrogen-bond donors (Lipinski definition) is 0. The second-order valence-electron chi connectivity index (χ2n) is 14.4. The van der Waals surface area contributed by atoms with E-state index >= 15 is 0 Å². The fraction of sp³-hybridized carbons (Fsp3) is 0.0625. The molecule has 7 aromatic carbocycles. The molecule has 3 heterocycles. The summed E-state index contributed by atoms with van der Waals surface area (Å²) < 4.78 is 4.75. The highest BCUT2D eigenvalue weighted by Gasteiger charge is 2.38. The molecule has 0 atom stereocenters. The van der Waals surface area contributed by atoms with Gasteiger partial charge in [0.2, 0.25) is 5.95 Å². The second-order valence-corrected chi connectivity index (χ2v) is 14.4. The molecule has 0 spiro atoms. The highest BCUT2D eigenvalue weighted by molar-refractivity contribution is 6.26. The zero-order chi connectivity index (χ0) is 35.3. The molecule has 0 saturated carbocycles. The van der Waals surface area contributed by atoms with Crippen LogP contribution in [0.2, 0.25) is 0 Å². The lowest BCUT2D eigenvalue weighted by atomic mass is 9.81. The second kappa shape index (κ2) is 11.1. The number of nitrogens with zero attached hydrogens (tertiary/aromatic N) is 5. The molecule has 53 heavy (non-hydrogen) atoms. The first-order valence-electron chi connectivity index (χ1n) is 18.1. The van der Waals surface area contributed by atoms with Crippen LogP contribution >= 0.6 is 0 Å². The number of fused-ring (bicyclic) bond motifs is 10. The molecule has 1 aliphatic carbocycles. The van der Waals surface area contributed by atoms with Crippen molar-refractivity contribution < 1.29 is 0 Å². The maximum atomic E-state index is 5.25. The van der Waals surface area contributed by atoms with Crippen LogP contribution in [0.5, 0.6) is 0 Å². The van der Waals surface area contributed by atoms with Gasteiger partial charge in [-0.3, -0.25) is 4.57 Å². The van der Waals surface area contributed by atoms with Crippen LogP contribution in [0.3, 0.4) is 0 Å². The molecular formula is C48H33N5. The number of rotatable bonds is 4. The maximum absolute atomic E-state index is 5.25. The van der Waals surface area contributed by atoms with Gasteiger partial charge in [0.05, 0.1) is 27.8 Å². The first-order chi connectivity index (χ1) is 26.1. The van der Waals surface area contributed by atoms with Crippen molar-refractivity contribution in [1.29, 1.82) is 0 Å². The predicted octanol–water partition coefficient (Wildman–Crippen LogP) is 11.7. The summed E-state index contributed by atoms with van der Waals surface area (Å²) in [4.78, 5) is 15.5. The quantitative estimate of drug-likeness (QED) is 0.186. The lowest BCUT2D eigenvalue weighted by Crippen LogP contribution is -2.18. The van der Waals surface area contributed by atoms with Gasteiger partial charge in [0.15, 0.2) is 11.6 Å². The zero-order valence-corrected chi connectivity index (χ0v) is 29.3. The molecule has 5 nitrogen and oxygen atoms in total. The van der Waals surface area contributed by atoms with E-state index in [-0.39, 0.29) is 5.41 Å². The third-order valence-corrected chi connectivity index (χ3v) is 11.2. The number of hydrogen-bond acceptors (Lipinski definition) is 3. The molecule has 0 saturated heterocycles. The molecule has 250 valence electrons. The van der Waals surface area contributed by atoms with Crippen LogP contribution in [-0.2, 0) is 5.41 Å². The topological polar surface area (TPSA) is 48.5 Å². The summed E-state index contributed by atoms with van der Waals surface area (Å²) in [6.45, 7) is 4.72. The van der Waals surface area contributed by atoms with Gasteiger partial charge in [-0.15, -0.1) is 0 Å². The van der Waals surface area contributed by atoms with Crippen LogP contribution in [0.15, 0.2) is 164 Å². The van der Waals surface area contributed by atoms with Gasteiger partial charge in [-0.25, -0.2) is 4.98 Å². The van der Waals surface area contributed by atoms with Crippen molar-refractivity contribution in [3.8, 4) is 45.5 Å². The third-order valence-electron chi connectivity index (χ3n) is 11.2. The molecule has 1 aliphatic rings. The fourth-order valence-electron chi connectivity index (χ4n) is 8.88. The maximum Gasteiger partial charge on any atom is 0.238 e. The van der Waals surface area contributed by atoms with Gasteiger partial charge in [-0.05, 0) is 46.5 Å². The van der Waals surface area contributed by atoms with Crippen molar-refractivity contribution >= 4 is 43.6 Å². The third kappa shape index (κ3) is 4.22. The molecular weight excluding hydrogens is 647 g/mol. The van der Waals surface area contributed by atoms with Crippen molar-refractivity contribution in [3.05, 3.63) is 175 Å². The normalized spacial score (nSPS) is 13.2. The standard InChI is InChI=1S/C48H33N5/c1-48(2)37-24-12-9-20-32(37)34-23-15-27-41(43(34)48)52-39-26-14-11-22-36(39)42-40(52)29-28-35-33-21-10-13-25-38(33)53(44(35)42)47-50-45(30-16-5-3-6-17-30)49-46(51-47)31-18-7-4-8-19-31/h3-29H,1-2H3. The molecule has 3 aromatic heterocycles. The van der Waals surface area contributed by atoms with Gasteiger partial charge in [0.25, 0.3) is 0 Å². The Morgan fingerprint density at radius 3 is 1.74 bits per heavy atom. The van der Waals surface area contributed by atoms with Crippen molar-refractivity contribution in [3.63, 3.8) is 0 Å². The minimum absolute atomic E-state index is 0.175. The van der Waals surface area contributed by atoms with Crippen LogP contribution in [0, 0.1) is 0 Å². The van der Waals surface area contributed by atoms with E-state index in [4.69, 9.17) is 15.0 Å². The predicted molar refractivity (Wildman–Crippen MR) is 217 cm³/mol. The van der Waals surface area contributed by atoms with E-state index in [1.165, 1.54) is 38.7 Å². The van der Waals surface area contributed by atoms with Gasteiger partial charge in [0, 0.05) is 38.1 Å². The molecule has 5 heteroatoms. The van der Waals surface area contributed by atoms with E-state index in [9.17, 15) is 0 Å². The van der Waals surface area contributed by atoms with E-state index in [1.54, 1.807) is 0 Å². The Kier molecular flexibility index (Phi) is 6.23.